The summed E-state index contributed by atoms with van der Waals surface area (Å²) in [6, 6.07) is 5.66. The van der Waals surface area contributed by atoms with Crippen molar-refractivity contribution in [2.24, 2.45) is 0 Å². The number of fused-ring (bicyclic) bond motifs is 3. The van der Waals surface area contributed by atoms with Crippen LogP contribution >= 0.6 is 11.8 Å². The van der Waals surface area contributed by atoms with Gasteiger partial charge >= 0.3 is 23.7 Å². The Bertz CT molecular complexity index is 1680. The summed E-state index contributed by atoms with van der Waals surface area (Å²) in [5, 5.41) is 136. The van der Waals surface area contributed by atoms with Gasteiger partial charge in [-0.25, -0.2) is 9.58 Å². The highest BCUT2D eigenvalue weighted by Crippen LogP contribution is 2.53. The highest BCUT2D eigenvalue weighted by atomic mass is 32.2. The molecule has 0 saturated heterocycles. The Morgan fingerprint density at radius 1 is 0.698 bits per heavy atom. The third-order valence-corrected chi connectivity index (χ3v) is 8.07. The van der Waals surface area contributed by atoms with Crippen molar-refractivity contribution < 1.29 is 71.2 Å². The van der Waals surface area contributed by atoms with Gasteiger partial charge in [-0.15, -0.1) is 0 Å². The van der Waals surface area contributed by atoms with Crippen LogP contribution < -0.4 is 10.4 Å². The third kappa shape index (κ3) is 4.01. The van der Waals surface area contributed by atoms with E-state index in [2.05, 4.69) is 0 Å². The van der Waals surface area contributed by atoms with Gasteiger partial charge in [0.05, 0.1) is 0 Å². The monoisotopic (exact) mass is 625 g/mol. The first-order chi connectivity index (χ1) is 19.6. The number of nitrogens with zero attached hydrogens (tertiary/aromatic N) is 3. The maximum atomic E-state index is 13.6. The molecule has 1 amide bonds. The smallest absolute Gasteiger partial charge is 0.360 e. The number of carbonyl (C=O) groups is 1. The molecule has 0 saturated carbocycles. The van der Waals surface area contributed by atoms with Crippen LogP contribution in [0.3, 0.4) is 0 Å². The van der Waals surface area contributed by atoms with E-state index in [1.165, 1.54) is 30.3 Å². The number of carbonyl (C=O) groups excluding carboxylic acids is 1. The van der Waals surface area contributed by atoms with E-state index in [0.717, 1.165) is 18.2 Å². The molecule has 19 heteroatoms. The minimum atomic E-state index is -5.10. The number of aromatic nitrogens is 1. The topological polar surface area (TPSA) is 309 Å². The van der Waals surface area contributed by atoms with Gasteiger partial charge in [-0.1, -0.05) is 54.2 Å². The maximum Gasteiger partial charge on any atom is 0.360 e. The van der Waals surface area contributed by atoms with Crippen LogP contribution in [-0.2, 0) is 10.8 Å². The van der Waals surface area contributed by atoms with Crippen LogP contribution in [-0.4, -0.2) is 106 Å². The minimum absolute atomic E-state index is 0.155. The molecule has 3 aromatic rings. The quantitative estimate of drug-likeness (QED) is 0.120. The van der Waals surface area contributed by atoms with E-state index < -0.39 is 78.9 Å². The molecule has 0 bridgehead atoms. The van der Waals surface area contributed by atoms with Gasteiger partial charge in [0.2, 0.25) is 16.3 Å². The zero-order chi connectivity index (χ0) is 32.1. The zero-order valence-electron chi connectivity index (χ0n) is 21.2. The normalized spacial score (nSPS) is 21.5. The van der Waals surface area contributed by atoms with Gasteiger partial charge in [0.15, 0.2) is 11.4 Å². The summed E-state index contributed by atoms with van der Waals surface area (Å²) < 4.78 is 0.234. The Hall–Kier alpha value is -3.67. The van der Waals surface area contributed by atoms with Gasteiger partial charge in [-0.05, 0) is 6.07 Å². The van der Waals surface area contributed by atoms with Crippen LogP contribution in [0.2, 0.25) is 0 Å². The molecule has 1 atom stereocenters. The van der Waals surface area contributed by atoms with Gasteiger partial charge in [-0.2, -0.15) is 5.01 Å². The van der Waals surface area contributed by atoms with Crippen LogP contribution in [0.25, 0.3) is 0 Å². The molecule has 1 unspecified atom stereocenters. The van der Waals surface area contributed by atoms with Gasteiger partial charge in [0, 0.05) is 33.8 Å². The van der Waals surface area contributed by atoms with Gasteiger partial charge in [0.25, 0.3) is 5.91 Å². The molecule has 13 N–H and O–H groups in total. The number of aromatic hydroxyl groups is 1. The van der Waals surface area contributed by atoms with E-state index >= 15 is 0 Å². The number of rotatable bonds is 4. The Balaban J connectivity index is 2.00. The van der Waals surface area contributed by atoms with Crippen LogP contribution in [0.1, 0.15) is 27.2 Å². The molecule has 2 aromatic carbocycles. The summed E-state index contributed by atoms with van der Waals surface area (Å²) >= 11 is 0.329. The first kappa shape index (κ1) is 30.8. The Morgan fingerprint density at radius 3 is 1.77 bits per heavy atom. The average molecular weight is 626 g/mol. The number of hydrogen-bond acceptors (Lipinski definition) is 17. The van der Waals surface area contributed by atoms with Crippen molar-refractivity contribution in [3.05, 3.63) is 93.4 Å². The fourth-order valence-electron chi connectivity index (χ4n) is 5.12. The van der Waals surface area contributed by atoms with Crippen molar-refractivity contribution in [3.8, 4) is 5.75 Å². The fraction of sp³-hybridized carbons (Fsp3) is 0.250. The van der Waals surface area contributed by atoms with E-state index in [4.69, 9.17) is 0 Å². The van der Waals surface area contributed by atoms with E-state index in [1.54, 1.807) is 0 Å². The first-order valence-electron chi connectivity index (χ1n) is 11.8. The van der Waals surface area contributed by atoms with E-state index in [0.29, 0.717) is 24.0 Å². The van der Waals surface area contributed by atoms with Crippen LogP contribution in [0, 0.1) is 0 Å². The minimum Gasteiger partial charge on any atom is -0.502 e. The molecule has 1 aromatic heterocycles. The third-order valence-electron chi connectivity index (χ3n) is 6.99. The lowest BCUT2D eigenvalue weighted by Gasteiger charge is -2.58. The summed E-state index contributed by atoms with van der Waals surface area (Å²) in [6.07, 6.45) is 0.591. The summed E-state index contributed by atoms with van der Waals surface area (Å²) in [5.41, 5.74) is -12.7. The van der Waals surface area contributed by atoms with Crippen LogP contribution in [0.5, 0.6) is 5.75 Å². The van der Waals surface area contributed by atoms with Crippen molar-refractivity contribution in [1.82, 2.24) is 9.58 Å². The molecule has 0 spiro atoms. The standard InChI is InChI=1S/C24H23N3O15S/c28-14-9-10-25-16(17(14)29)18(30)26(21(34,22(35,36)37)23(38,39)40)24(41,42)27(25)19(31)11-5-1-2-6-12(11)20(32,33)43-15-8-4-3-7-13(15)19/h1-10,29,31-42H. The number of thioether (sulfide) groups is 1. The fourth-order valence-corrected chi connectivity index (χ4v) is 6.18. The van der Waals surface area contributed by atoms with Gasteiger partial charge in [0.1, 0.15) is 0 Å². The lowest BCUT2D eigenvalue weighted by Crippen LogP contribution is -2.87. The molecular weight excluding hydrogens is 602 g/mol. The molecule has 0 aliphatic carbocycles. The van der Waals surface area contributed by atoms with Crippen molar-refractivity contribution >= 4 is 17.7 Å². The van der Waals surface area contributed by atoms with Crippen LogP contribution in [0.4, 0.5) is 0 Å². The largest absolute Gasteiger partial charge is 0.502 e. The number of aliphatic hydroxyl groups is 12. The molecule has 2 aliphatic heterocycles. The zero-order valence-corrected chi connectivity index (χ0v) is 22.0. The summed E-state index contributed by atoms with van der Waals surface area (Å²) in [6.45, 7) is 0. The van der Waals surface area contributed by atoms with Crippen molar-refractivity contribution in [1.29, 1.82) is 0 Å². The molecule has 2 aliphatic rings. The Morgan fingerprint density at radius 2 is 1.21 bits per heavy atom. The lowest BCUT2D eigenvalue weighted by atomic mass is 9.89. The predicted molar refractivity (Wildman–Crippen MR) is 136 cm³/mol. The lowest BCUT2D eigenvalue weighted by molar-refractivity contribution is -0.542. The maximum absolute atomic E-state index is 13.6. The van der Waals surface area contributed by atoms with E-state index in [-0.39, 0.29) is 14.6 Å². The second kappa shape index (κ2) is 9.17. The first-order valence-corrected chi connectivity index (χ1v) is 12.6. The van der Waals surface area contributed by atoms with Crippen molar-refractivity contribution in [3.63, 3.8) is 0 Å². The number of amides is 1. The molecular formula is C24H23N3O15S. The summed E-state index contributed by atoms with van der Waals surface area (Å²) in [4.78, 5) is 24.6. The van der Waals surface area contributed by atoms with Crippen LogP contribution in [0.15, 0.2) is 70.5 Å². The Labute approximate surface area is 242 Å². The van der Waals surface area contributed by atoms with Crippen molar-refractivity contribution in [2.75, 3.05) is 5.01 Å². The molecule has 43 heavy (non-hydrogen) atoms. The molecule has 18 nitrogen and oxygen atoms in total. The van der Waals surface area contributed by atoms with Crippen molar-refractivity contribution in [2.45, 2.75) is 39.4 Å². The summed E-state index contributed by atoms with van der Waals surface area (Å²) in [7, 11) is 0. The van der Waals surface area contributed by atoms with Gasteiger partial charge in [-0.3, -0.25) is 9.59 Å². The predicted octanol–water partition coefficient (Wildman–Crippen LogP) is -5.41. The molecule has 0 fully saturated rings. The SMILES string of the molecule is O=C1c2c(O)c(=O)ccn2N(C2(O)c3ccccc3SC(O)(O)c3ccccc32)C(O)(O)N1C(O)(C(O)(O)O)C(O)(O)O. The number of hydrogen-bond donors (Lipinski definition) is 13. The highest BCUT2D eigenvalue weighted by molar-refractivity contribution is 8.00. The molecule has 5 rings (SSSR count). The second-order valence-electron chi connectivity index (χ2n) is 9.64. The Kier molecular flexibility index (Phi) is 6.56. The highest BCUT2D eigenvalue weighted by Gasteiger charge is 2.76. The molecule has 0 radical (unpaired) electrons. The number of pyridine rings is 1. The summed E-state index contributed by atoms with van der Waals surface area (Å²) in [5.74, 6) is -14.0. The number of benzene rings is 2. The van der Waals surface area contributed by atoms with Gasteiger partial charge < -0.3 is 66.4 Å². The second-order valence-corrected chi connectivity index (χ2v) is 10.9. The molecule has 230 valence electrons. The van der Waals surface area contributed by atoms with E-state index in [9.17, 15) is 76.0 Å². The van der Waals surface area contributed by atoms with E-state index in [1.807, 2.05) is 0 Å². The average Bonchev–Trinajstić information content (AvgIpc) is 2.95. The molecule has 3 heterocycles.